The van der Waals surface area contributed by atoms with Gasteiger partial charge in [0.15, 0.2) is 10.6 Å². The van der Waals surface area contributed by atoms with Gasteiger partial charge < -0.3 is 15.2 Å². The second-order valence-electron chi connectivity index (χ2n) is 9.15. The molecule has 8 heteroatoms. The number of anilines is 2. The summed E-state index contributed by atoms with van der Waals surface area (Å²) in [5.74, 6) is -0.341. The van der Waals surface area contributed by atoms with Crippen molar-refractivity contribution in [3.8, 4) is 11.3 Å². The molecule has 0 saturated carbocycles. The van der Waals surface area contributed by atoms with Crippen LogP contribution in [0.1, 0.15) is 52.4 Å². The summed E-state index contributed by atoms with van der Waals surface area (Å²) in [5, 5.41) is 2.57. The van der Waals surface area contributed by atoms with Crippen LogP contribution in [0.5, 0.6) is 0 Å². The molecule has 0 bridgehead atoms. The van der Waals surface area contributed by atoms with E-state index in [1.54, 1.807) is 5.38 Å². The molecule has 1 fully saturated rings. The number of halogens is 1. The number of hydrogen-bond acceptors (Lipinski definition) is 6. The molecule has 1 aromatic carbocycles. The van der Waals surface area contributed by atoms with Crippen LogP contribution < -0.4 is 16.1 Å². The lowest BCUT2D eigenvalue weighted by Crippen LogP contribution is -2.47. The fraction of sp³-hybridized carbons (Fsp3) is 0.538. The van der Waals surface area contributed by atoms with Gasteiger partial charge in [-0.2, -0.15) is 0 Å². The first-order valence-electron chi connectivity index (χ1n) is 12.6. The highest BCUT2D eigenvalue weighted by molar-refractivity contribution is 7.13. The van der Waals surface area contributed by atoms with E-state index in [4.69, 9.17) is 5.73 Å². The van der Waals surface area contributed by atoms with Crippen LogP contribution in [0, 0.1) is 5.82 Å². The van der Waals surface area contributed by atoms with Crippen molar-refractivity contribution >= 4 is 33.1 Å². The molecular formula is C26H36FN5OS. The summed E-state index contributed by atoms with van der Waals surface area (Å²) >= 11 is 1.29. The maximum Gasteiger partial charge on any atom is 0.198 e. The standard InChI is InChI=1S/C26H36FN5OS/c1-3-5-6-7-8-9-10-30-11-13-32(14-12-30)24-16-23-19(15-21(24)27)25(33)20(17-31(23)4-2)22-18-34-26(28)29-22/h15-18H,3-14H2,1-2H3,(H2,28,29). The molecule has 0 unspecified atom stereocenters. The van der Waals surface area contributed by atoms with Gasteiger partial charge in [-0.3, -0.25) is 9.69 Å². The van der Waals surface area contributed by atoms with Crippen molar-refractivity contribution < 1.29 is 4.39 Å². The number of rotatable bonds is 10. The molecule has 0 aliphatic carbocycles. The third-order valence-corrected chi connectivity index (χ3v) is 7.50. The van der Waals surface area contributed by atoms with Gasteiger partial charge in [-0.15, -0.1) is 11.3 Å². The molecule has 1 saturated heterocycles. The van der Waals surface area contributed by atoms with Gasteiger partial charge in [-0.25, -0.2) is 9.37 Å². The van der Waals surface area contributed by atoms with E-state index in [1.165, 1.54) is 55.9 Å². The van der Waals surface area contributed by atoms with Crippen molar-refractivity contribution in [2.75, 3.05) is 43.4 Å². The van der Waals surface area contributed by atoms with Crippen LogP contribution in [-0.2, 0) is 6.54 Å². The van der Waals surface area contributed by atoms with Gasteiger partial charge >= 0.3 is 0 Å². The number of thiazole rings is 1. The molecule has 34 heavy (non-hydrogen) atoms. The number of fused-ring (bicyclic) bond motifs is 1. The zero-order chi connectivity index (χ0) is 24.1. The number of pyridine rings is 1. The number of hydrogen-bond donors (Lipinski definition) is 1. The molecule has 0 radical (unpaired) electrons. The highest BCUT2D eigenvalue weighted by Gasteiger charge is 2.22. The first-order chi connectivity index (χ1) is 16.5. The van der Waals surface area contributed by atoms with Gasteiger partial charge in [-0.05, 0) is 32.0 Å². The number of nitrogens with zero attached hydrogens (tertiary/aromatic N) is 4. The lowest BCUT2D eigenvalue weighted by molar-refractivity contribution is 0.251. The zero-order valence-corrected chi connectivity index (χ0v) is 21.2. The van der Waals surface area contributed by atoms with Gasteiger partial charge in [0.1, 0.15) is 5.82 Å². The number of aromatic nitrogens is 2. The molecule has 184 valence electrons. The van der Waals surface area contributed by atoms with Crippen LogP contribution >= 0.6 is 11.3 Å². The second kappa shape index (κ2) is 11.3. The smallest absolute Gasteiger partial charge is 0.198 e. The monoisotopic (exact) mass is 485 g/mol. The number of nitrogens with two attached hydrogens (primary N) is 1. The van der Waals surface area contributed by atoms with Crippen molar-refractivity contribution in [2.45, 2.75) is 58.9 Å². The number of benzene rings is 1. The molecular weight excluding hydrogens is 449 g/mol. The van der Waals surface area contributed by atoms with E-state index < -0.39 is 0 Å². The Morgan fingerprint density at radius 3 is 2.47 bits per heavy atom. The maximum atomic E-state index is 15.3. The minimum Gasteiger partial charge on any atom is -0.375 e. The normalized spacial score (nSPS) is 14.9. The minimum atomic E-state index is -0.341. The molecule has 6 nitrogen and oxygen atoms in total. The Balaban J connectivity index is 1.49. The van der Waals surface area contributed by atoms with Gasteiger partial charge in [0.2, 0.25) is 0 Å². The zero-order valence-electron chi connectivity index (χ0n) is 20.4. The summed E-state index contributed by atoms with van der Waals surface area (Å²) in [6.07, 6.45) is 9.64. The fourth-order valence-electron chi connectivity index (χ4n) is 4.83. The quantitative estimate of drug-likeness (QED) is 0.392. The van der Waals surface area contributed by atoms with E-state index >= 15 is 4.39 Å². The maximum absolute atomic E-state index is 15.3. The predicted octanol–water partition coefficient (Wildman–Crippen LogP) is 5.35. The summed E-state index contributed by atoms with van der Waals surface area (Å²) < 4.78 is 17.3. The summed E-state index contributed by atoms with van der Waals surface area (Å²) in [6.45, 7) is 9.53. The molecule has 1 aliphatic heterocycles. The Hall–Kier alpha value is -2.45. The third kappa shape index (κ3) is 5.44. The Kier molecular flexibility index (Phi) is 8.21. The summed E-state index contributed by atoms with van der Waals surface area (Å²) in [6, 6.07) is 3.25. The highest BCUT2D eigenvalue weighted by Crippen LogP contribution is 2.28. The predicted molar refractivity (Wildman–Crippen MR) is 141 cm³/mol. The summed E-state index contributed by atoms with van der Waals surface area (Å²) in [5.41, 5.74) is 7.90. The second-order valence-corrected chi connectivity index (χ2v) is 10.0. The van der Waals surface area contributed by atoms with E-state index in [-0.39, 0.29) is 11.2 Å². The van der Waals surface area contributed by atoms with Crippen molar-refractivity contribution in [1.82, 2.24) is 14.5 Å². The van der Waals surface area contributed by atoms with Crippen molar-refractivity contribution in [3.63, 3.8) is 0 Å². The first kappa shape index (κ1) is 24.7. The van der Waals surface area contributed by atoms with Crippen LogP contribution in [0.3, 0.4) is 0 Å². The van der Waals surface area contributed by atoms with Crippen molar-refractivity contribution in [3.05, 3.63) is 39.8 Å². The van der Waals surface area contributed by atoms with Gasteiger partial charge in [0, 0.05) is 49.7 Å². The van der Waals surface area contributed by atoms with E-state index in [2.05, 4.69) is 21.7 Å². The topological polar surface area (TPSA) is 67.4 Å². The Bertz CT molecular complexity index is 1170. The van der Waals surface area contributed by atoms with E-state index in [1.807, 2.05) is 23.8 Å². The molecule has 0 spiro atoms. The Labute approximate surface area is 205 Å². The van der Waals surface area contributed by atoms with Crippen LogP contribution in [0.15, 0.2) is 28.5 Å². The van der Waals surface area contributed by atoms with Gasteiger partial charge in [0.05, 0.1) is 22.5 Å². The number of unbranched alkanes of at least 4 members (excludes halogenated alkanes) is 5. The molecule has 1 aliphatic rings. The van der Waals surface area contributed by atoms with E-state index in [9.17, 15) is 4.79 Å². The lowest BCUT2D eigenvalue weighted by Gasteiger charge is -2.36. The van der Waals surface area contributed by atoms with Crippen molar-refractivity contribution in [2.24, 2.45) is 0 Å². The van der Waals surface area contributed by atoms with Crippen LogP contribution in [-0.4, -0.2) is 47.2 Å². The van der Waals surface area contributed by atoms with Crippen LogP contribution in [0.25, 0.3) is 22.2 Å². The largest absolute Gasteiger partial charge is 0.375 e. The third-order valence-electron chi connectivity index (χ3n) is 6.83. The average Bonchev–Trinajstić information content (AvgIpc) is 3.28. The minimum absolute atomic E-state index is 0.209. The van der Waals surface area contributed by atoms with E-state index in [0.717, 1.165) is 38.2 Å². The molecule has 2 N–H and O–H groups in total. The van der Waals surface area contributed by atoms with Gasteiger partial charge in [0.25, 0.3) is 0 Å². The van der Waals surface area contributed by atoms with Crippen LogP contribution in [0.2, 0.25) is 0 Å². The SMILES string of the molecule is CCCCCCCCN1CCN(c2cc3c(cc2F)c(=O)c(-c2csc(N)n2)cn3CC)CC1. The van der Waals surface area contributed by atoms with Crippen molar-refractivity contribution in [1.29, 1.82) is 0 Å². The average molecular weight is 486 g/mol. The molecule has 2 aromatic heterocycles. The van der Waals surface area contributed by atoms with E-state index in [0.29, 0.717) is 34.0 Å². The Morgan fingerprint density at radius 1 is 1.06 bits per heavy atom. The fourth-order valence-corrected chi connectivity index (χ4v) is 5.39. The molecule has 4 rings (SSSR count). The molecule has 3 aromatic rings. The number of nitrogen functional groups attached to an aromatic ring is 1. The number of piperazine rings is 1. The number of aryl methyl sites for hydroxylation is 1. The van der Waals surface area contributed by atoms with Crippen LogP contribution in [0.4, 0.5) is 15.2 Å². The molecule has 0 atom stereocenters. The molecule has 0 amide bonds. The lowest BCUT2D eigenvalue weighted by atomic mass is 10.1. The summed E-state index contributed by atoms with van der Waals surface area (Å²) in [4.78, 5) is 22.1. The highest BCUT2D eigenvalue weighted by atomic mass is 32.1. The summed E-state index contributed by atoms with van der Waals surface area (Å²) in [7, 11) is 0. The Morgan fingerprint density at radius 2 is 1.79 bits per heavy atom. The first-order valence-corrected chi connectivity index (χ1v) is 13.4. The molecule has 3 heterocycles. The van der Waals surface area contributed by atoms with Gasteiger partial charge in [-0.1, -0.05) is 39.0 Å².